The fourth-order valence-corrected chi connectivity index (χ4v) is 1.57. The Morgan fingerprint density at radius 1 is 0.958 bits per heavy atom. The third kappa shape index (κ3) is 9.80. The largest absolute Gasteiger partial charge is 1.00 e. The van der Waals surface area contributed by atoms with Crippen LogP contribution in [0.15, 0.2) is 54.6 Å². The molecule has 0 amide bonds. The van der Waals surface area contributed by atoms with Crippen molar-refractivity contribution in [2.75, 3.05) is 0 Å². The molecule has 0 spiro atoms. The summed E-state index contributed by atoms with van der Waals surface area (Å²) < 4.78 is 8.66. The summed E-state index contributed by atoms with van der Waals surface area (Å²) in [6.45, 7) is 0. The molecular weight excluding hydrogens is 359 g/mol. The van der Waals surface area contributed by atoms with Gasteiger partial charge in [0.15, 0.2) is 5.78 Å². The molecule has 2 aromatic carbocycles. The number of nitro benzene ring substituents is 1. The standard InChI is InChI=1S/C13H9NO3.2Na.H3O4P/c15-13(10-6-2-1-3-7-10)11-8-4-5-9-12(11)14(16)17;;;1-5(2,3)4/h1-9H;;;(H3,1,2,3,4)/q;2*+1;/p-2. The molecule has 0 aliphatic rings. The van der Waals surface area contributed by atoms with Crippen LogP contribution in [0.25, 0.3) is 0 Å². The van der Waals surface area contributed by atoms with E-state index in [0.717, 1.165) is 0 Å². The minimum atomic E-state index is -5.14. The van der Waals surface area contributed by atoms with Crippen LogP contribution in [-0.4, -0.2) is 15.6 Å². The summed E-state index contributed by atoms with van der Waals surface area (Å²) in [7, 11) is -5.14. The molecule has 1 N–H and O–H groups in total. The fourth-order valence-electron chi connectivity index (χ4n) is 1.57. The van der Waals surface area contributed by atoms with E-state index in [4.69, 9.17) is 19.2 Å². The molecule has 0 aliphatic carbocycles. The van der Waals surface area contributed by atoms with Gasteiger partial charge in [0.05, 0.1) is 12.7 Å². The quantitative estimate of drug-likeness (QED) is 0.187. The van der Waals surface area contributed by atoms with Crippen molar-refractivity contribution in [1.29, 1.82) is 0 Å². The molecule has 0 saturated heterocycles. The van der Waals surface area contributed by atoms with E-state index in [1.807, 2.05) is 0 Å². The van der Waals surface area contributed by atoms with E-state index in [1.165, 1.54) is 12.1 Å². The first-order valence-corrected chi connectivity index (χ1v) is 7.27. The number of para-hydroxylation sites is 1. The molecule has 11 heteroatoms. The van der Waals surface area contributed by atoms with Gasteiger partial charge in [0, 0.05) is 11.6 Å². The van der Waals surface area contributed by atoms with E-state index < -0.39 is 12.7 Å². The Morgan fingerprint density at radius 2 is 1.38 bits per heavy atom. The summed E-state index contributed by atoms with van der Waals surface area (Å²) in [6.07, 6.45) is 0. The van der Waals surface area contributed by atoms with E-state index in [9.17, 15) is 14.9 Å². The van der Waals surface area contributed by atoms with Crippen LogP contribution >= 0.6 is 7.82 Å². The molecular formula is C13H10NNa2O7P. The summed E-state index contributed by atoms with van der Waals surface area (Å²) in [5.41, 5.74) is 0.395. The minimum absolute atomic E-state index is 0. The number of carbonyl (C=O) groups is 1. The second-order valence-corrected chi connectivity index (χ2v) is 4.88. The van der Waals surface area contributed by atoms with E-state index in [0.29, 0.717) is 5.56 Å². The molecule has 0 bridgehead atoms. The monoisotopic (exact) mass is 369 g/mol. The number of rotatable bonds is 3. The molecule has 0 fully saturated rings. The first-order chi connectivity index (χ1) is 10.2. The number of nitro groups is 1. The van der Waals surface area contributed by atoms with Crippen LogP contribution in [0.2, 0.25) is 0 Å². The predicted octanol–water partition coefficient (Wildman–Crippen LogP) is -5.36. The van der Waals surface area contributed by atoms with Crippen molar-refractivity contribution >= 4 is 19.3 Å². The maximum atomic E-state index is 12.1. The smallest absolute Gasteiger partial charge is 0.790 e. The van der Waals surface area contributed by atoms with Crippen LogP contribution in [-0.2, 0) is 4.57 Å². The van der Waals surface area contributed by atoms with Gasteiger partial charge in [-0.05, 0) is 6.07 Å². The summed E-state index contributed by atoms with van der Waals surface area (Å²) in [5.74, 6) is -0.335. The second-order valence-electron chi connectivity index (χ2n) is 3.94. The second kappa shape index (κ2) is 12.1. The van der Waals surface area contributed by atoms with Gasteiger partial charge >= 0.3 is 59.1 Å². The maximum absolute atomic E-state index is 12.1. The molecule has 0 unspecified atom stereocenters. The average molecular weight is 369 g/mol. The maximum Gasteiger partial charge on any atom is 1.00 e. The zero-order valence-electron chi connectivity index (χ0n) is 13.0. The number of hydrogen-bond acceptors (Lipinski definition) is 6. The Bertz CT molecular complexity index is 713. The number of hydrogen-bond donors (Lipinski definition) is 1. The van der Waals surface area contributed by atoms with Crippen molar-refractivity contribution in [3.8, 4) is 0 Å². The zero-order valence-corrected chi connectivity index (χ0v) is 17.9. The van der Waals surface area contributed by atoms with E-state index in [2.05, 4.69) is 0 Å². The van der Waals surface area contributed by atoms with Crippen molar-refractivity contribution in [3.63, 3.8) is 0 Å². The van der Waals surface area contributed by atoms with Crippen LogP contribution in [0.3, 0.4) is 0 Å². The normalized spacial score (nSPS) is 9.46. The minimum Gasteiger partial charge on any atom is -0.790 e. The molecule has 8 nitrogen and oxygen atoms in total. The Morgan fingerprint density at radius 3 is 1.83 bits per heavy atom. The molecule has 2 rings (SSSR count). The average Bonchev–Trinajstić information content (AvgIpc) is 2.45. The number of carbonyl (C=O) groups excluding carboxylic acids is 1. The molecule has 0 heterocycles. The number of ketones is 1. The van der Waals surface area contributed by atoms with Gasteiger partial charge in [-0.3, -0.25) is 14.9 Å². The van der Waals surface area contributed by atoms with Gasteiger partial charge in [-0.25, -0.2) is 0 Å². The van der Waals surface area contributed by atoms with Gasteiger partial charge in [-0.2, -0.15) is 0 Å². The number of nitrogens with zero attached hydrogens (tertiary/aromatic N) is 1. The van der Waals surface area contributed by atoms with Crippen LogP contribution in [0, 0.1) is 10.1 Å². The van der Waals surface area contributed by atoms with Crippen molar-refractivity contribution in [1.82, 2.24) is 0 Å². The molecule has 0 saturated carbocycles. The van der Waals surface area contributed by atoms with Crippen molar-refractivity contribution in [2.45, 2.75) is 0 Å². The Hall–Kier alpha value is -0.380. The third-order valence-electron chi connectivity index (χ3n) is 2.38. The molecule has 116 valence electrons. The molecule has 0 radical (unpaired) electrons. The van der Waals surface area contributed by atoms with Crippen LogP contribution in [0.4, 0.5) is 5.69 Å². The number of phosphoric acid groups is 1. The fraction of sp³-hybridized carbons (Fsp3) is 0. The zero-order chi connectivity index (χ0) is 16.8. The molecule has 2 aromatic rings. The van der Waals surface area contributed by atoms with Crippen LogP contribution in [0.5, 0.6) is 0 Å². The molecule has 24 heavy (non-hydrogen) atoms. The van der Waals surface area contributed by atoms with Gasteiger partial charge in [-0.15, -0.1) is 0 Å². The van der Waals surface area contributed by atoms with Crippen LogP contribution < -0.4 is 68.9 Å². The topological polar surface area (TPSA) is 144 Å². The van der Waals surface area contributed by atoms with E-state index in [-0.39, 0.29) is 76.1 Å². The van der Waals surface area contributed by atoms with E-state index >= 15 is 0 Å². The summed E-state index contributed by atoms with van der Waals surface area (Å²) in [4.78, 5) is 46.6. The van der Waals surface area contributed by atoms with Gasteiger partial charge in [0.25, 0.3) is 5.69 Å². The Kier molecular flexibility index (Phi) is 13.0. The SMILES string of the molecule is O=C(c1ccccc1)c1ccccc1[N+](=O)[O-].O=P([O-])([O-])O.[Na+].[Na+]. The predicted molar refractivity (Wildman–Crippen MR) is 72.8 cm³/mol. The molecule has 0 atom stereocenters. The van der Waals surface area contributed by atoms with Gasteiger partial charge in [0.2, 0.25) is 0 Å². The van der Waals surface area contributed by atoms with Gasteiger partial charge in [-0.1, -0.05) is 42.5 Å². The number of benzene rings is 2. The Balaban J connectivity index is 0. The third-order valence-corrected chi connectivity index (χ3v) is 2.38. The summed E-state index contributed by atoms with van der Waals surface area (Å²) in [6, 6.07) is 14.5. The molecule has 0 aliphatic heterocycles. The summed E-state index contributed by atoms with van der Waals surface area (Å²) >= 11 is 0. The first kappa shape index (κ1) is 25.9. The molecule has 0 aromatic heterocycles. The van der Waals surface area contributed by atoms with Gasteiger partial charge in [0.1, 0.15) is 5.56 Å². The van der Waals surface area contributed by atoms with Crippen molar-refractivity contribution in [3.05, 3.63) is 75.8 Å². The Labute approximate surface area is 181 Å². The summed E-state index contributed by atoms with van der Waals surface area (Å²) in [5, 5.41) is 10.8. The van der Waals surface area contributed by atoms with Gasteiger partial charge < -0.3 is 19.2 Å². The van der Waals surface area contributed by atoms with Crippen molar-refractivity contribution < 1.29 is 88.1 Å². The first-order valence-electron chi connectivity index (χ1n) is 5.78. The van der Waals surface area contributed by atoms with Crippen molar-refractivity contribution in [2.24, 2.45) is 0 Å². The van der Waals surface area contributed by atoms with Crippen LogP contribution in [0.1, 0.15) is 15.9 Å². The van der Waals surface area contributed by atoms with E-state index in [1.54, 1.807) is 42.5 Å².